The second kappa shape index (κ2) is 8.10. The predicted octanol–water partition coefficient (Wildman–Crippen LogP) is 3.37. The Morgan fingerprint density at radius 3 is 2.93 bits per heavy atom. The minimum Gasteiger partial charge on any atom is -0.350 e. The smallest absolute Gasteiger partial charge is 0.220 e. The molecule has 1 atom stereocenters. The van der Waals surface area contributed by atoms with Gasteiger partial charge in [-0.1, -0.05) is 6.07 Å². The molecule has 3 heterocycles. The molecule has 0 saturated carbocycles. The van der Waals surface area contributed by atoms with Gasteiger partial charge in [0.05, 0.1) is 12.2 Å². The van der Waals surface area contributed by atoms with E-state index in [9.17, 15) is 9.59 Å². The molecule has 1 fully saturated rings. The fourth-order valence-electron chi connectivity index (χ4n) is 4.03. The van der Waals surface area contributed by atoms with E-state index in [1.165, 1.54) is 28.3 Å². The molecule has 0 radical (unpaired) electrons. The summed E-state index contributed by atoms with van der Waals surface area (Å²) in [5.74, 6) is 0.134. The van der Waals surface area contributed by atoms with Crippen LogP contribution in [0.25, 0.3) is 0 Å². The molecule has 2 N–H and O–H groups in total. The van der Waals surface area contributed by atoms with Crippen molar-refractivity contribution >= 4 is 34.5 Å². The molecule has 1 saturated heterocycles. The molecule has 2 amide bonds. The number of carbonyl (C=O) groups excluding carboxylic acids is 2. The molecule has 1 aliphatic heterocycles. The first-order valence-electron chi connectivity index (χ1n) is 9.69. The molecule has 27 heavy (non-hydrogen) atoms. The maximum absolute atomic E-state index is 12.4. The second-order valence-electron chi connectivity index (χ2n) is 7.55. The average Bonchev–Trinajstić information content (AvgIpc) is 3.39. The number of amides is 2. The number of aromatic nitrogens is 1. The van der Waals surface area contributed by atoms with E-state index in [0.717, 1.165) is 30.7 Å². The van der Waals surface area contributed by atoms with Crippen molar-refractivity contribution in [1.29, 1.82) is 0 Å². The van der Waals surface area contributed by atoms with Crippen molar-refractivity contribution in [3.05, 3.63) is 38.0 Å². The van der Waals surface area contributed by atoms with Gasteiger partial charge in [0.2, 0.25) is 11.8 Å². The minimum absolute atomic E-state index is 0.0369. The summed E-state index contributed by atoms with van der Waals surface area (Å²) in [5.41, 5.74) is 0.957. The highest BCUT2D eigenvalue weighted by Gasteiger charge is 2.38. The predicted molar refractivity (Wildman–Crippen MR) is 108 cm³/mol. The van der Waals surface area contributed by atoms with Gasteiger partial charge in [0.15, 0.2) is 0 Å². The van der Waals surface area contributed by atoms with Crippen molar-refractivity contribution in [3.8, 4) is 0 Å². The summed E-state index contributed by atoms with van der Waals surface area (Å²) in [6, 6.07) is 4.13. The van der Waals surface area contributed by atoms with Crippen molar-refractivity contribution in [2.75, 3.05) is 0 Å². The zero-order valence-electron chi connectivity index (χ0n) is 15.4. The number of fused-ring (bicyclic) bond motifs is 1. The molecule has 0 aromatic carbocycles. The molecule has 2 aromatic heterocycles. The van der Waals surface area contributed by atoms with Gasteiger partial charge in [-0.15, -0.1) is 22.7 Å². The van der Waals surface area contributed by atoms with Crippen LogP contribution in [0.1, 0.15) is 59.0 Å². The molecule has 0 bridgehead atoms. The quantitative estimate of drug-likeness (QED) is 0.745. The lowest BCUT2D eigenvalue weighted by Gasteiger charge is -2.28. The number of nitrogens with zero attached hydrogens (tertiary/aromatic N) is 1. The zero-order chi connectivity index (χ0) is 18.7. The maximum Gasteiger partial charge on any atom is 0.220 e. The van der Waals surface area contributed by atoms with Crippen molar-refractivity contribution in [1.82, 2.24) is 15.6 Å². The van der Waals surface area contributed by atoms with E-state index in [2.05, 4.69) is 27.1 Å². The highest BCUT2D eigenvalue weighted by atomic mass is 32.1. The first-order valence-corrected chi connectivity index (χ1v) is 11.4. The topological polar surface area (TPSA) is 71.1 Å². The Morgan fingerprint density at radius 2 is 2.19 bits per heavy atom. The lowest BCUT2D eigenvalue weighted by molar-refractivity contribution is -0.122. The number of thiazole rings is 1. The van der Waals surface area contributed by atoms with E-state index in [1.54, 1.807) is 22.7 Å². The van der Waals surface area contributed by atoms with Gasteiger partial charge in [0.25, 0.3) is 0 Å². The SMILES string of the molecule is O=C(CC[C@]1(Cc2cccs2)CCC(=O)N1)NCc1nc2c(s1)CCCC2. The molecule has 2 aromatic rings. The lowest BCUT2D eigenvalue weighted by atomic mass is 9.87. The Balaban J connectivity index is 1.30. The molecule has 144 valence electrons. The van der Waals surface area contributed by atoms with Crippen LogP contribution in [0.2, 0.25) is 0 Å². The Labute approximate surface area is 167 Å². The summed E-state index contributed by atoms with van der Waals surface area (Å²) in [5, 5.41) is 9.23. The Morgan fingerprint density at radius 1 is 1.30 bits per heavy atom. The highest BCUT2D eigenvalue weighted by molar-refractivity contribution is 7.11. The normalized spacial score (nSPS) is 21.7. The third-order valence-electron chi connectivity index (χ3n) is 5.49. The van der Waals surface area contributed by atoms with Gasteiger partial charge in [0, 0.05) is 34.6 Å². The van der Waals surface area contributed by atoms with Crippen LogP contribution in [-0.2, 0) is 35.4 Å². The van der Waals surface area contributed by atoms with Crippen LogP contribution < -0.4 is 10.6 Å². The van der Waals surface area contributed by atoms with E-state index >= 15 is 0 Å². The largest absolute Gasteiger partial charge is 0.350 e. The van der Waals surface area contributed by atoms with Gasteiger partial charge in [-0.25, -0.2) is 4.98 Å². The first kappa shape index (κ1) is 18.6. The van der Waals surface area contributed by atoms with Gasteiger partial charge in [-0.3, -0.25) is 9.59 Å². The van der Waals surface area contributed by atoms with Gasteiger partial charge in [0.1, 0.15) is 5.01 Å². The molecule has 5 nitrogen and oxygen atoms in total. The van der Waals surface area contributed by atoms with Crippen molar-refractivity contribution < 1.29 is 9.59 Å². The van der Waals surface area contributed by atoms with Crippen LogP contribution in [0.15, 0.2) is 17.5 Å². The van der Waals surface area contributed by atoms with Gasteiger partial charge < -0.3 is 10.6 Å². The lowest BCUT2D eigenvalue weighted by Crippen LogP contribution is -2.44. The Kier molecular flexibility index (Phi) is 5.59. The van der Waals surface area contributed by atoms with Gasteiger partial charge in [-0.2, -0.15) is 0 Å². The maximum atomic E-state index is 12.4. The average molecular weight is 404 g/mol. The summed E-state index contributed by atoms with van der Waals surface area (Å²) >= 11 is 3.45. The van der Waals surface area contributed by atoms with Crippen LogP contribution in [0.4, 0.5) is 0 Å². The molecule has 0 unspecified atom stereocenters. The standard InChI is InChI=1S/C20H25N3O2S2/c24-17(21-13-19-22-15-5-1-2-6-16(15)27-19)7-9-20(10-8-18(25)23-20)12-14-4-3-11-26-14/h3-4,11H,1-2,5-10,12-13H2,(H,21,24)(H,23,25)/t20-/m1/s1. The third kappa shape index (κ3) is 4.58. The summed E-state index contributed by atoms with van der Waals surface area (Å²) in [6.07, 6.45) is 7.95. The molecule has 4 rings (SSSR count). The summed E-state index contributed by atoms with van der Waals surface area (Å²) in [4.78, 5) is 31.6. The van der Waals surface area contributed by atoms with Crippen molar-refractivity contribution in [2.45, 2.75) is 69.9 Å². The fourth-order valence-corrected chi connectivity index (χ4v) is 5.97. The van der Waals surface area contributed by atoms with Crippen LogP contribution in [0.5, 0.6) is 0 Å². The molecule has 0 spiro atoms. The number of rotatable bonds is 7. The number of carbonyl (C=O) groups is 2. The van der Waals surface area contributed by atoms with Crippen molar-refractivity contribution in [2.24, 2.45) is 0 Å². The minimum atomic E-state index is -0.278. The van der Waals surface area contributed by atoms with E-state index in [0.29, 0.717) is 25.8 Å². The first-order chi connectivity index (χ1) is 13.1. The Hall–Kier alpha value is -1.73. The molecular formula is C20H25N3O2S2. The summed E-state index contributed by atoms with van der Waals surface area (Å²) in [7, 11) is 0. The molecule has 7 heteroatoms. The van der Waals surface area contributed by atoms with Crippen LogP contribution in [0.3, 0.4) is 0 Å². The van der Waals surface area contributed by atoms with Crippen LogP contribution in [0, 0.1) is 0 Å². The van der Waals surface area contributed by atoms with Crippen LogP contribution in [-0.4, -0.2) is 22.3 Å². The second-order valence-corrected chi connectivity index (χ2v) is 9.75. The summed E-state index contributed by atoms with van der Waals surface area (Å²) < 4.78 is 0. The number of thiophene rings is 1. The van der Waals surface area contributed by atoms with E-state index in [4.69, 9.17) is 0 Å². The summed E-state index contributed by atoms with van der Waals surface area (Å²) in [6.45, 7) is 0.515. The molecule has 1 aliphatic carbocycles. The number of hydrogen-bond acceptors (Lipinski definition) is 5. The number of hydrogen-bond donors (Lipinski definition) is 2. The van der Waals surface area contributed by atoms with Crippen molar-refractivity contribution in [3.63, 3.8) is 0 Å². The number of nitrogens with one attached hydrogen (secondary N) is 2. The van der Waals surface area contributed by atoms with E-state index in [1.807, 2.05) is 6.07 Å². The fraction of sp³-hybridized carbons (Fsp3) is 0.550. The molecule has 2 aliphatic rings. The van der Waals surface area contributed by atoms with Crippen LogP contribution >= 0.6 is 22.7 Å². The molecular weight excluding hydrogens is 378 g/mol. The highest BCUT2D eigenvalue weighted by Crippen LogP contribution is 2.31. The Bertz CT molecular complexity index is 792. The van der Waals surface area contributed by atoms with Gasteiger partial charge >= 0.3 is 0 Å². The van der Waals surface area contributed by atoms with E-state index in [-0.39, 0.29) is 17.4 Å². The van der Waals surface area contributed by atoms with E-state index < -0.39 is 0 Å². The zero-order valence-corrected chi connectivity index (χ0v) is 17.0. The monoisotopic (exact) mass is 403 g/mol. The van der Waals surface area contributed by atoms with Gasteiger partial charge in [-0.05, 0) is 50.0 Å². The number of aryl methyl sites for hydroxylation is 2. The third-order valence-corrected chi connectivity index (χ3v) is 7.52.